The smallest absolute Gasteiger partial charge is 0.149 e. The minimum absolute atomic E-state index is 0.115. The lowest BCUT2D eigenvalue weighted by Gasteiger charge is -2.15. The zero-order chi connectivity index (χ0) is 18.9. The Labute approximate surface area is 166 Å². The number of nitrogens with one attached hydrogen (secondary N) is 1. The van der Waals surface area contributed by atoms with E-state index in [1.165, 1.54) is 18.6 Å². The highest BCUT2D eigenvalue weighted by Crippen LogP contribution is 2.20. The number of hydrogen-bond donors (Lipinski definition) is 1. The Balaban J connectivity index is 0.000000254. The number of anilines is 1. The van der Waals surface area contributed by atoms with Crippen LogP contribution in [0.2, 0.25) is 15.5 Å². The second-order valence-electron chi connectivity index (χ2n) is 5.03. The van der Waals surface area contributed by atoms with E-state index in [4.69, 9.17) is 39.5 Å². The van der Waals surface area contributed by atoms with Gasteiger partial charge in [-0.3, -0.25) is 9.97 Å². The van der Waals surface area contributed by atoms with Gasteiger partial charge < -0.3 is 10.1 Å². The fraction of sp³-hybridized carbons (Fsp3) is 0.176. The molecule has 3 aromatic rings. The van der Waals surface area contributed by atoms with Crippen LogP contribution in [-0.4, -0.2) is 27.0 Å². The molecule has 26 heavy (non-hydrogen) atoms. The van der Waals surface area contributed by atoms with E-state index in [9.17, 15) is 0 Å². The topological polar surface area (TPSA) is 72.8 Å². The van der Waals surface area contributed by atoms with Crippen LogP contribution >= 0.6 is 34.8 Å². The lowest BCUT2D eigenvalue weighted by molar-refractivity contribution is 0.414. The van der Waals surface area contributed by atoms with E-state index >= 15 is 0 Å². The summed E-state index contributed by atoms with van der Waals surface area (Å²) in [5, 5.41) is 4.25. The standard InChI is InChI=1S/C13H14ClN3O.C4H2Cl2N2/c1-9(10-3-5-11(18-2)6-4-10)16-13-8-15-7-12(14)17-13;5-3-1-7-2-4(6)8-3/h3-9H,1-2H3,(H,16,17);1-2H/t9-;/m1./s1. The van der Waals surface area contributed by atoms with Crippen LogP contribution in [-0.2, 0) is 0 Å². The number of hydrogen-bond acceptors (Lipinski definition) is 6. The number of rotatable bonds is 4. The van der Waals surface area contributed by atoms with Gasteiger partial charge in [0, 0.05) is 6.04 Å². The Bertz CT molecular complexity index is 815. The van der Waals surface area contributed by atoms with Gasteiger partial charge in [-0.1, -0.05) is 46.9 Å². The molecule has 0 aliphatic rings. The summed E-state index contributed by atoms with van der Waals surface area (Å²) >= 11 is 16.6. The molecular weight excluding hydrogens is 397 g/mol. The molecular formula is C17H16Cl3N5O. The Kier molecular flexibility index (Phi) is 7.84. The molecule has 1 aromatic carbocycles. The lowest BCUT2D eigenvalue weighted by atomic mass is 10.1. The fourth-order valence-electron chi connectivity index (χ4n) is 1.93. The van der Waals surface area contributed by atoms with E-state index in [0.717, 1.165) is 11.3 Å². The van der Waals surface area contributed by atoms with Gasteiger partial charge in [0.1, 0.15) is 27.0 Å². The fourth-order valence-corrected chi connectivity index (χ4v) is 2.41. The average Bonchev–Trinajstić information content (AvgIpc) is 2.62. The van der Waals surface area contributed by atoms with Crippen LogP contribution in [0.3, 0.4) is 0 Å². The summed E-state index contributed by atoms with van der Waals surface area (Å²) in [6.45, 7) is 2.05. The van der Waals surface area contributed by atoms with Crippen LogP contribution in [0.15, 0.2) is 49.1 Å². The normalized spacial score (nSPS) is 11.1. The first-order chi connectivity index (χ1) is 12.5. The third kappa shape index (κ3) is 6.63. The molecule has 0 saturated carbocycles. The molecule has 3 rings (SSSR count). The summed E-state index contributed by atoms with van der Waals surface area (Å²) < 4.78 is 5.12. The quantitative estimate of drug-likeness (QED) is 0.643. The number of ether oxygens (including phenoxy) is 1. The Hall–Kier alpha value is -2.15. The second kappa shape index (κ2) is 10.1. The molecule has 2 heterocycles. The van der Waals surface area contributed by atoms with Crippen molar-refractivity contribution in [1.29, 1.82) is 0 Å². The van der Waals surface area contributed by atoms with Crippen LogP contribution in [0.4, 0.5) is 5.82 Å². The molecule has 0 radical (unpaired) electrons. The summed E-state index contributed by atoms with van der Waals surface area (Å²) in [6, 6.07) is 7.99. The van der Waals surface area contributed by atoms with E-state index in [-0.39, 0.29) is 6.04 Å². The van der Waals surface area contributed by atoms with Gasteiger partial charge >= 0.3 is 0 Å². The maximum absolute atomic E-state index is 5.78. The van der Waals surface area contributed by atoms with Gasteiger partial charge in [-0.25, -0.2) is 9.97 Å². The molecule has 0 unspecified atom stereocenters. The molecule has 0 aliphatic heterocycles. The predicted molar refractivity (Wildman–Crippen MR) is 104 cm³/mol. The molecule has 1 N–H and O–H groups in total. The lowest BCUT2D eigenvalue weighted by Crippen LogP contribution is -2.08. The van der Waals surface area contributed by atoms with Gasteiger partial charge in [0.25, 0.3) is 0 Å². The zero-order valence-electron chi connectivity index (χ0n) is 14.0. The zero-order valence-corrected chi connectivity index (χ0v) is 16.3. The summed E-state index contributed by atoms with van der Waals surface area (Å²) in [5.41, 5.74) is 1.14. The summed E-state index contributed by atoms with van der Waals surface area (Å²) in [5.74, 6) is 1.50. The number of halogens is 3. The van der Waals surface area contributed by atoms with Crippen LogP contribution < -0.4 is 10.1 Å². The molecule has 2 aromatic heterocycles. The van der Waals surface area contributed by atoms with Crippen LogP contribution in [0.25, 0.3) is 0 Å². The molecule has 0 aliphatic carbocycles. The maximum atomic E-state index is 5.78. The predicted octanol–water partition coefficient (Wildman–Crippen LogP) is 5.10. The molecule has 0 saturated heterocycles. The second-order valence-corrected chi connectivity index (χ2v) is 6.19. The third-order valence-corrected chi connectivity index (χ3v) is 3.71. The van der Waals surface area contributed by atoms with Gasteiger partial charge in [0.2, 0.25) is 0 Å². The number of methoxy groups -OCH3 is 1. The number of nitrogens with zero attached hydrogens (tertiary/aromatic N) is 4. The van der Waals surface area contributed by atoms with Crippen molar-refractivity contribution in [3.8, 4) is 5.75 Å². The third-order valence-electron chi connectivity index (χ3n) is 3.16. The van der Waals surface area contributed by atoms with Gasteiger partial charge in [-0.15, -0.1) is 0 Å². The minimum atomic E-state index is 0.115. The van der Waals surface area contributed by atoms with Crippen LogP contribution in [0.5, 0.6) is 5.75 Å². The van der Waals surface area contributed by atoms with Crippen molar-refractivity contribution >= 4 is 40.6 Å². The molecule has 136 valence electrons. The van der Waals surface area contributed by atoms with E-state index in [1.807, 2.05) is 31.2 Å². The molecule has 0 bridgehead atoms. The summed E-state index contributed by atoms with van der Waals surface area (Å²) in [4.78, 5) is 15.4. The molecule has 0 spiro atoms. The van der Waals surface area contributed by atoms with Crippen LogP contribution in [0.1, 0.15) is 18.5 Å². The van der Waals surface area contributed by atoms with Crippen molar-refractivity contribution in [2.45, 2.75) is 13.0 Å². The molecule has 9 heteroatoms. The number of aromatic nitrogens is 4. The molecule has 6 nitrogen and oxygen atoms in total. The maximum Gasteiger partial charge on any atom is 0.149 e. The van der Waals surface area contributed by atoms with E-state index in [0.29, 0.717) is 21.3 Å². The first-order valence-corrected chi connectivity index (χ1v) is 8.62. The van der Waals surface area contributed by atoms with Gasteiger partial charge in [0.15, 0.2) is 0 Å². The van der Waals surface area contributed by atoms with Gasteiger partial charge in [-0.05, 0) is 24.6 Å². The van der Waals surface area contributed by atoms with Crippen molar-refractivity contribution in [2.75, 3.05) is 12.4 Å². The van der Waals surface area contributed by atoms with Crippen molar-refractivity contribution in [1.82, 2.24) is 19.9 Å². The van der Waals surface area contributed by atoms with Crippen LogP contribution in [0, 0.1) is 0 Å². The Morgan fingerprint density at radius 2 is 1.38 bits per heavy atom. The van der Waals surface area contributed by atoms with Crippen molar-refractivity contribution in [3.63, 3.8) is 0 Å². The summed E-state index contributed by atoms with van der Waals surface area (Å²) in [7, 11) is 1.65. The van der Waals surface area contributed by atoms with Crippen molar-refractivity contribution < 1.29 is 4.74 Å². The first-order valence-electron chi connectivity index (χ1n) is 7.49. The number of benzene rings is 1. The summed E-state index contributed by atoms with van der Waals surface area (Å²) in [6.07, 6.45) is 6.00. The molecule has 1 atom stereocenters. The largest absolute Gasteiger partial charge is 0.497 e. The first kappa shape index (κ1) is 20.2. The van der Waals surface area contributed by atoms with Crippen molar-refractivity contribution in [2.24, 2.45) is 0 Å². The van der Waals surface area contributed by atoms with Gasteiger partial charge in [-0.2, -0.15) is 0 Å². The van der Waals surface area contributed by atoms with Crippen molar-refractivity contribution in [3.05, 3.63) is 70.1 Å². The Morgan fingerprint density at radius 3 is 1.85 bits per heavy atom. The molecule has 0 amide bonds. The highest BCUT2D eigenvalue weighted by Gasteiger charge is 2.06. The monoisotopic (exact) mass is 411 g/mol. The highest BCUT2D eigenvalue weighted by molar-refractivity contribution is 6.32. The van der Waals surface area contributed by atoms with E-state index in [1.54, 1.807) is 13.3 Å². The SMILES string of the molecule is COc1ccc([C@@H](C)Nc2cncc(Cl)n2)cc1.Clc1cncc(Cl)n1. The highest BCUT2D eigenvalue weighted by atomic mass is 35.5. The van der Waals surface area contributed by atoms with E-state index in [2.05, 4.69) is 25.3 Å². The van der Waals surface area contributed by atoms with E-state index < -0.39 is 0 Å². The van der Waals surface area contributed by atoms with Gasteiger partial charge in [0.05, 0.1) is 31.9 Å². The average molecular weight is 413 g/mol. The molecule has 0 fully saturated rings. The Morgan fingerprint density at radius 1 is 0.846 bits per heavy atom. The minimum Gasteiger partial charge on any atom is -0.497 e.